The van der Waals surface area contributed by atoms with Gasteiger partial charge in [0.2, 0.25) is 80.9 Å². The van der Waals surface area contributed by atoms with Gasteiger partial charge in [0.25, 0.3) is 0 Å². The third-order valence-electron chi connectivity index (χ3n) is 24.3. The number of aliphatic hydroxyl groups is 1. The normalized spacial score (nSPS) is 17.0. The number of rotatable bonds is 24. The predicted molar refractivity (Wildman–Crippen MR) is 487 cm³/mol. The van der Waals surface area contributed by atoms with E-state index in [0.29, 0.717) is 116 Å². The van der Waals surface area contributed by atoms with E-state index in [9.17, 15) is 49.5 Å². The van der Waals surface area contributed by atoms with Gasteiger partial charge in [-0.3, -0.25) is 19.2 Å². The highest BCUT2D eigenvalue weighted by Gasteiger charge is 2.55. The molecule has 676 valence electrons. The molecule has 9 aliphatic rings. The van der Waals surface area contributed by atoms with Crippen LogP contribution in [-0.2, 0) is 77.5 Å². The fourth-order valence-corrected chi connectivity index (χ4v) is 18.6. The van der Waals surface area contributed by atoms with Crippen LogP contribution in [0.25, 0.3) is 45.0 Å². The number of ether oxygens (including phenoxy) is 10. The van der Waals surface area contributed by atoms with Gasteiger partial charge in [0, 0.05) is 44.7 Å². The van der Waals surface area contributed by atoms with E-state index in [2.05, 4.69) is 45.9 Å². The van der Waals surface area contributed by atoms with Crippen molar-refractivity contribution in [3.63, 3.8) is 0 Å². The number of nitrogens with two attached hydrogens (primary N) is 1. The highest BCUT2D eigenvalue weighted by atomic mass is 32.2. The van der Waals surface area contributed by atoms with Gasteiger partial charge in [-0.2, -0.15) is 4.31 Å². The smallest absolute Gasteiger partial charge is 0.243 e. The Morgan fingerprint density at radius 1 is 0.405 bits per heavy atom. The minimum atomic E-state index is -3.76. The number of nitrogens with one attached hydrogen (secondary N) is 5. The number of carbonyl (C=O) groups is 4. The molecule has 4 amide bonds. The number of sulfonamides is 3. The number of nitrogens with zero attached hydrogens (tertiary/aromatic N) is 5. The Kier molecular flexibility index (Phi) is 23.9. The van der Waals surface area contributed by atoms with Crippen LogP contribution >= 0.6 is 0 Å². The molecule has 0 spiro atoms. The fourth-order valence-electron chi connectivity index (χ4n) is 16.2. The molecule has 4 aliphatic carbocycles. The number of hydrogen-bond acceptors (Lipinski definition) is 25. The molecule has 131 heavy (non-hydrogen) atoms. The second-order valence-electron chi connectivity index (χ2n) is 32.8. The summed E-state index contributed by atoms with van der Waals surface area (Å²) < 4.78 is 129. The molecule has 5 fully saturated rings. The zero-order valence-electron chi connectivity index (χ0n) is 71.1. The van der Waals surface area contributed by atoms with E-state index < -0.39 is 57.8 Å². The molecule has 1 atom stereocenters. The average Bonchev–Trinajstić information content (AvgIpc) is 1.60. The van der Waals surface area contributed by atoms with Crippen molar-refractivity contribution in [3.05, 3.63) is 264 Å². The molecule has 1 saturated heterocycles. The fraction of sp³-hybridized carbons (Fsp3) is 0.250. The van der Waals surface area contributed by atoms with Crippen LogP contribution in [0, 0.1) is 0 Å². The number of pyridine rings is 4. The molecule has 21 rings (SSSR count). The first-order valence-electron chi connectivity index (χ1n) is 42.1. The number of hydrogen-bond donors (Lipinski definition) is 7. The molecule has 32 nitrogen and oxygen atoms in total. The Morgan fingerprint density at radius 2 is 0.718 bits per heavy atom. The van der Waals surface area contributed by atoms with E-state index in [1.807, 2.05) is 140 Å². The Morgan fingerprint density at radius 3 is 1.02 bits per heavy atom. The van der Waals surface area contributed by atoms with Gasteiger partial charge in [-0.1, -0.05) is 97.1 Å². The Labute approximate surface area is 757 Å². The van der Waals surface area contributed by atoms with E-state index in [1.54, 1.807) is 99.1 Å². The van der Waals surface area contributed by atoms with Crippen LogP contribution in [0.2, 0.25) is 0 Å². The molecule has 35 heteroatoms. The van der Waals surface area contributed by atoms with Gasteiger partial charge < -0.3 is 73.7 Å². The van der Waals surface area contributed by atoms with E-state index >= 15 is 0 Å². The third kappa shape index (κ3) is 18.9. The molecule has 8 aromatic carbocycles. The van der Waals surface area contributed by atoms with Gasteiger partial charge in [0.05, 0.1) is 80.8 Å². The van der Waals surface area contributed by atoms with Gasteiger partial charge in [-0.15, -0.1) is 0 Å². The van der Waals surface area contributed by atoms with Gasteiger partial charge in [-0.25, -0.2) is 55.1 Å². The van der Waals surface area contributed by atoms with Crippen LogP contribution in [0.3, 0.4) is 0 Å². The summed E-state index contributed by atoms with van der Waals surface area (Å²) in [6.07, 6.45) is 7.01. The molecule has 12 aromatic rings. The average molecular weight is 1830 g/mol. The van der Waals surface area contributed by atoms with Crippen LogP contribution in [0.1, 0.15) is 88.5 Å². The predicted octanol–water partition coefficient (Wildman–Crippen LogP) is 13.6. The lowest BCUT2D eigenvalue weighted by Crippen LogP contribution is -2.29. The molecular weight excluding hydrogens is 1740 g/mol. The SMILES string of the molecule is COc1ccc(-c2cccc(NC(=O)C3(c4ccc5c(c4)OCO5)CC3)n2)cc1OC.CS(=O)(=O)NCc1ccc(-c2cccc(NC(=O)C3(c4ccc5c(c4)OCO5)CC3)n2)cc1.NS(=O)(=O)c1ccc(-c2cccc(NC(=O)C3(c4ccc5c(c4)OCO5)CC3)n2)cc1.O=C(Nc1cccc(-c2ccc(S(=O)(=O)N3CCC(O)C3)cc2)n1)C1(c2ccc3c(c2)OCO3)CC1.[HH].[HH]. The van der Waals surface area contributed by atoms with Crippen molar-refractivity contribution < 1.29 is 99.8 Å². The zero-order valence-corrected chi connectivity index (χ0v) is 73.5. The standard InChI is InChI=1S/C26H25N3O6S.C24H23N3O5S.C24H22N2O5.C22H19N3O5S.2H2/c30-19-10-13-29(15-19)36(32,33)20-7-4-17(5-8-20)21-2-1-3-24(27-21)28-25(31)26(11-12-26)18-6-9-22-23(14-18)35-16-34-22;1-33(29,30)25-14-16-5-7-17(8-6-16)19-3-2-4-22(26-19)27-23(28)24(11-12-24)18-9-10-20-21(13-18)32-15-31-20;1-28-18-8-6-15(12-20(18)29-2)17-4-3-5-22(25-17)26-23(27)24(10-11-24)16-7-9-19-21(13-16)31-14-30-19;23-31(27,28)16-7-4-14(5-8-16)17-2-1-3-20(24-17)25-21(26)22(10-11-22)15-6-9-18-19(12-15)30-13-29-18;;/h1-9,14,19,30H,10-13,15-16H2,(H,27,28,31);2-10,13,25H,11-12,14-15H2,1H3,(H,26,27,28);3-9,12-13H,10-11,14H2,1-2H3,(H,25,26,27);1-9,12H,10-11,13H2,(H2,23,27,28)(H,24,25,26);2*1H. The second-order valence-corrected chi connectivity index (χ2v) is 38.1. The number of anilines is 4. The molecule has 4 aromatic heterocycles. The van der Waals surface area contributed by atoms with Crippen molar-refractivity contribution in [1.82, 2.24) is 29.0 Å². The van der Waals surface area contributed by atoms with Gasteiger partial charge in [-0.05, 0) is 225 Å². The van der Waals surface area contributed by atoms with Crippen molar-refractivity contribution in [2.24, 2.45) is 5.14 Å². The molecule has 5 aliphatic heterocycles. The number of benzene rings is 8. The maximum atomic E-state index is 13.2. The summed E-state index contributed by atoms with van der Waals surface area (Å²) in [4.78, 5) is 71.2. The first-order chi connectivity index (χ1) is 63.1. The number of fused-ring (bicyclic) bond motifs is 4. The van der Waals surface area contributed by atoms with E-state index in [-0.39, 0.29) is 76.5 Å². The summed E-state index contributed by atoms with van der Waals surface area (Å²) >= 11 is 0. The maximum Gasteiger partial charge on any atom is 0.243 e. The lowest BCUT2D eigenvalue weighted by atomic mass is 9.94. The molecule has 0 bridgehead atoms. The number of β-amino-alcohol motifs (C(OH)–C–C–N with tert-alkyl or cyclic N) is 1. The van der Waals surface area contributed by atoms with Gasteiger partial charge >= 0.3 is 0 Å². The van der Waals surface area contributed by atoms with Crippen molar-refractivity contribution in [3.8, 4) is 103 Å². The summed E-state index contributed by atoms with van der Waals surface area (Å²) in [5.41, 5.74) is 7.95. The Balaban J connectivity index is 0.000000129. The topological polar surface area (TPSA) is 424 Å². The summed E-state index contributed by atoms with van der Waals surface area (Å²) in [5.74, 6) is 8.12. The molecule has 9 heterocycles. The number of amides is 4. The van der Waals surface area contributed by atoms with Crippen LogP contribution in [-0.4, -0.2) is 145 Å². The van der Waals surface area contributed by atoms with Crippen molar-refractivity contribution in [2.75, 3.05) is 82.0 Å². The van der Waals surface area contributed by atoms with Crippen LogP contribution in [0.4, 0.5) is 23.3 Å². The van der Waals surface area contributed by atoms with Crippen LogP contribution < -0.4 is 78.5 Å². The first-order valence-corrected chi connectivity index (χ1v) is 47.0. The second kappa shape index (κ2) is 35.8. The summed E-state index contributed by atoms with van der Waals surface area (Å²) in [5, 5.41) is 26.7. The van der Waals surface area contributed by atoms with Gasteiger partial charge in [0.1, 0.15) is 23.3 Å². The van der Waals surface area contributed by atoms with E-state index in [4.69, 9.17) is 52.5 Å². The first kappa shape index (κ1) is 87.6. The van der Waals surface area contributed by atoms with E-state index in [1.165, 1.54) is 16.4 Å². The number of aliphatic hydroxyl groups excluding tert-OH is 1. The summed E-state index contributed by atoms with van der Waals surface area (Å²) in [7, 11) is -7.47. The largest absolute Gasteiger partial charge is 0.493 e. The highest BCUT2D eigenvalue weighted by molar-refractivity contribution is 7.89. The van der Waals surface area contributed by atoms with Crippen molar-refractivity contribution in [2.45, 2.75) is 102 Å². The van der Waals surface area contributed by atoms with Crippen molar-refractivity contribution in [1.29, 1.82) is 0 Å². The van der Waals surface area contributed by atoms with E-state index in [0.717, 1.165) is 108 Å². The minimum Gasteiger partial charge on any atom is -0.493 e. The Bertz CT molecular complexity index is 6830. The van der Waals surface area contributed by atoms with Crippen LogP contribution in [0.5, 0.6) is 57.5 Å². The maximum absolute atomic E-state index is 13.2. The van der Waals surface area contributed by atoms with Crippen LogP contribution in [0.15, 0.2) is 246 Å². The molecule has 4 saturated carbocycles. The quantitative estimate of drug-likeness (QED) is 0.0295. The molecular formula is C96H93N11O21S3. The molecule has 8 N–H and O–H groups in total. The number of carbonyl (C=O) groups excluding carboxylic acids is 4. The van der Waals surface area contributed by atoms with Crippen molar-refractivity contribution >= 4 is 77.0 Å². The lowest BCUT2D eigenvalue weighted by molar-refractivity contribution is -0.119. The molecule has 0 radical (unpaired) electrons. The number of primary sulfonamides is 1. The van der Waals surface area contributed by atoms with Gasteiger partial charge in [0.15, 0.2) is 57.5 Å². The monoisotopic (exact) mass is 1830 g/mol. The third-order valence-corrected chi connectivity index (χ3v) is 27.7. The highest BCUT2D eigenvalue weighted by Crippen LogP contribution is 2.55. The Hall–Kier alpha value is -14.1. The minimum absolute atomic E-state index is 0. The number of aromatic nitrogens is 4. The molecule has 1 unspecified atom stereocenters. The summed E-state index contributed by atoms with van der Waals surface area (Å²) in [6, 6.07) is 69.9. The number of methoxy groups -OCH3 is 2. The zero-order chi connectivity index (χ0) is 91.0. The lowest BCUT2D eigenvalue weighted by Gasteiger charge is -2.17. The summed E-state index contributed by atoms with van der Waals surface area (Å²) in [6.45, 7) is 1.43.